The maximum Gasteiger partial charge on any atom is 0.248 e. The van der Waals surface area contributed by atoms with Gasteiger partial charge in [0.2, 0.25) is 22.9 Å². The predicted molar refractivity (Wildman–Crippen MR) is 81.6 cm³/mol. The molecule has 10 nitrogen and oxygen atoms in total. The Labute approximate surface area is 134 Å². The molecule has 5 N–H and O–H groups in total. The molecule has 2 rings (SSSR count). The molecule has 23 heavy (non-hydrogen) atoms. The van der Waals surface area contributed by atoms with Gasteiger partial charge in [-0.25, -0.2) is 4.68 Å². The molecule has 0 spiro atoms. The molecule has 120 valence electrons. The number of anilines is 1. The van der Waals surface area contributed by atoms with Crippen LogP contribution in [0.1, 0.15) is 20.7 Å². The number of carbonyl (C=O) groups is 3. The van der Waals surface area contributed by atoms with Crippen LogP contribution >= 0.6 is 11.8 Å². The fourth-order valence-corrected chi connectivity index (χ4v) is 2.30. The van der Waals surface area contributed by atoms with E-state index in [1.54, 1.807) is 7.05 Å². The van der Waals surface area contributed by atoms with Crippen LogP contribution in [0.2, 0.25) is 0 Å². The molecular formula is C12H13N7O3S. The smallest absolute Gasteiger partial charge is 0.248 e. The molecule has 1 aromatic heterocycles. The number of aryl methyl sites for hydroxylation is 1. The lowest BCUT2D eigenvalue weighted by atomic mass is 10.1. The topological polar surface area (TPSA) is 159 Å². The highest BCUT2D eigenvalue weighted by atomic mass is 32.2. The Kier molecular flexibility index (Phi) is 4.91. The number of nitrogens with two attached hydrogens (primary N) is 2. The van der Waals surface area contributed by atoms with E-state index in [1.807, 2.05) is 0 Å². The second-order valence-corrected chi connectivity index (χ2v) is 5.39. The normalized spacial score (nSPS) is 10.3. The van der Waals surface area contributed by atoms with Crippen molar-refractivity contribution in [3.63, 3.8) is 0 Å². The number of aromatic nitrogens is 4. The summed E-state index contributed by atoms with van der Waals surface area (Å²) in [6.45, 7) is 0. The number of tetrazole rings is 1. The number of thioether (sulfide) groups is 1. The van der Waals surface area contributed by atoms with E-state index in [1.165, 1.54) is 22.9 Å². The van der Waals surface area contributed by atoms with Gasteiger partial charge in [-0.1, -0.05) is 11.8 Å². The fraction of sp³-hybridized carbons (Fsp3) is 0.167. The summed E-state index contributed by atoms with van der Waals surface area (Å²) in [6, 6.07) is 3.99. The van der Waals surface area contributed by atoms with Crippen LogP contribution in [-0.2, 0) is 11.8 Å². The van der Waals surface area contributed by atoms with E-state index in [9.17, 15) is 14.4 Å². The van der Waals surface area contributed by atoms with Crippen molar-refractivity contribution < 1.29 is 14.4 Å². The van der Waals surface area contributed by atoms with Gasteiger partial charge >= 0.3 is 0 Å². The highest BCUT2D eigenvalue weighted by Crippen LogP contribution is 2.17. The van der Waals surface area contributed by atoms with Gasteiger partial charge in [-0.2, -0.15) is 0 Å². The van der Waals surface area contributed by atoms with Crippen LogP contribution in [0.15, 0.2) is 23.4 Å². The Morgan fingerprint density at radius 1 is 1.17 bits per heavy atom. The first-order valence-electron chi connectivity index (χ1n) is 6.26. The van der Waals surface area contributed by atoms with Crippen molar-refractivity contribution in [3.8, 4) is 0 Å². The molecule has 0 saturated heterocycles. The molecule has 0 radical (unpaired) electrons. The van der Waals surface area contributed by atoms with Crippen molar-refractivity contribution in [1.29, 1.82) is 0 Å². The zero-order chi connectivity index (χ0) is 17.0. The molecule has 0 unspecified atom stereocenters. The molecule has 3 amide bonds. The van der Waals surface area contributed by atoms with Crippen molar-refractivity contribution in [3.05, 3.63) is 29.3 Å². The zero-order valence-electron chi connectivity index (χ0n) is 12.0. The van der Waals surface area contributed by atoms with E-state index in [-0.39, 0.29) is 28.5 Å². The first kappa shape index (κ1) is 16.4. The second kappa shape index (κ2) is 6.87. The summed E-state index contributed by atoms with van der Waals surface area (Å²) in [6.07, 6.45) is 0. The summed E-state index contributed by atoms with van der Waals surface area (Å²) in [5.74, 6) is -1.79. The van der Waals surface area contributed by atoms with Crippen LogP contribution in [0.5, 0.6) is 0 Å². The molecule has 0 bridgehead atoms. The number of carbonyl (C=O) groups excluding carboxylic acids is 3. The summed E-state index contributed by atoms with van der Waals surface area (Å²) < 4.78 is 1.43. The number of benzene rings is 1. The molecule has 1 heterocycles. The molecule has 0 aliphatic rings. The summed E-state index contributed by atoms with van der Waals surface area (Å²) >= 11 is 1.13. The fourth-order valence-electron chi connectivity index (χ4n) is 1.65. The Bertz CT molecular complexity index is 742. The van der Waals surface area contributed by atoms with Crippen LogP contribution in [0, 0.1) is 0 Å². The number of nitrogens with one attached hydrogen (secondary N) is 1. The first-order chi connectivity index (χ1) is 10.9. The van der Waals surface area contributed by atoms with Crippen molar-refractivity contribution >= 4 is 35.2 Å². The molecule has 0 fully saturated rings. The average molecular weight is 335 g/mol. The van der Waals surface area contributed by atoms with E-state index >= 15 is 0 Å². The van der Waals surface area contributed by atoms with Crippen LogP contribution in [0.25, 0.3) is 0 Å². The van der Waals surface area contributed by atoms with E-state index in [2.05, 4.69) is 20.8 Å². The van der Waals surface area contributed by atoms with E-state index in [0.29, 0.717) is 5.16 Å². The Morgan fingerprint density at radius 2 is 1.78 bits per heavy atom. The summed E-state index contributed by atoms with van der Waals surface area (Å²) in [5, 5.41) is 13.9. The number of nitrogens with zero attached hydrogens (tertiary/aromatic N) is 4. The van der Waals surface area contributed by atoms with Gasteiger partial charge < -0.3 is 16.8 Å². The third-order valence-electron chi connectivity index (χ3n) is 2.70. The van der Waals surface area contributed by atoms with Gasteiger partial charge in [-0.05, 0) is 28.6 Å². The number of amides is 3. The minimum atomic E-state index is -0.733. The summed E-state index contributed by atoms with van der Waals surface area (Å²) in [4.78, 5) is 34.5. The van der Waals surface area contributed by atoms with E-state index < -0.39 is 11.8 Å². The molecule has 11 heteroatoms. The Morgan fingerprint density at radius 3 is 2.26 bits per heavy atom. The van der Waals surface area contributed by atoms with Crippen molar-refractivity contribution in [1.82, 2.24) is 20.2 Å². The number of hydrogen-bond acceptors (Lipinski definition) is 7. The maximum atomic E-state index is 11.9. The molecule has 1 aromatic carbocycles. The number of rotatable bonds is 6. The van der Waals surface area contributed by atoms with E-state index in [0.717, 1.165) is 11.8 Å². The monoisotopic (exact) mass is 335 g/mol. The third-order valence-corrected chi connectivity index (χ3v) is 3.71. The van der Waals surface area contributed by atoms with E-state index in [4.69, 9.17) is 11.5 Å². The van der Waals surface area contributed by atoms with Crippen LogP contribution < -0.4 is 16.8 Å². The lowest BCUT2D eigenvalue weighted by Crippen LogP contribution is -2.19. The zero-order valence-corrected chi connectivity index (χ0v) is 12.8. The van der Waals surface area contributed by atoms with Crippen molar-refractivity contribution in [2.45, 2.75) is 5.16 Å². The molecule has 2 aromatic rings. The SMILES string of the molecule is Cn1nnnc1SCC(=O)Nc1cc(C(N)=O)cc(C(N)=O)c1. The van der Waals surface area contributed by atoms with Gasteiger partial charge in [-0.15, -0.1) is 5.10 Å². The molecule has 0 saturated carbocycles. The molecule has 0 atom stereocenters. The van der Waals surface area contributed by atoms with Gasteiger partial charge in [0.25, 0.3) is 0 Å². The molecular weight excluding hydrogens is 322 g/mol. The maximum absolute atomic E-state index is 11.9. The van der Waals surface area contributed by atoms with Gasteiger partial charge in [0.15, 0.2) is 0 Å². The van der Waals surface area contributed by atoms with Crippen LogP contribution in [-0.4, -0.2) is 43.7 Å². The minimum Gasteiger partial charge on any atom is -0.366 e. The summed E-state index contributed by atoms with van der Waals surface area (Å²) in [7, 11) is 1.65. The highest BCUT2D eigenvalue weighted by Gasteiger charge is 2.12. The minimum absolute atomic E-state index is 0.0426. The van der Waals surface area contributed by atoms with Gasteiger partial charge in [0.1, 0.15) is 0 Å². The largest absolute Gasteiger partial charge is 0.366 e. The highest BCUT2D eigenvalue weighted by molar-refractivity contribution is 7.99. The Balaban J connectivity index is 2.09. The number of primary amides is 2. The first-order valence-corrected chi connectivity index (χ1v) is 7.25. The number of hydrogen-bond donors (Lipinski definition) is 3. The lowest BCUT2D eigenvalue weighted by molar-refractivity contribution is -0.113. The molecule has 0 aliphatic carbocycles. The van der Waals surface area contributed by atoms with Crippen LogP contribution in [0.4, 0.5) is 5.69 Å². The van der Waals surface area contributed by atoms with Gasteiger partial charge in [0.05, 0.1) is 5.75 Å². The lowest BCUT2D eigenvalue weighted by Gasteiger charge is -2.08. The summed E-state index contributed by atoms with van der Waals surface area (Å²) in [5.41, 5.74) is 10.8. The standard InChI is InChI=1S/C12H13N7O3S/c1-19-12(16-17-18-19)23-5-9(20)15-8-3-6(10(13)21)2-7(4-8)11(14)22/h2-4H,5H2,1H3,(H2,13,21)(H2,14,22)(H,15,20). The van der Waals surface area contributed by atoms with Gasteiger partial charge in [-0.3, -0.25) is 14.4 Å². The molecule has 0 aliphatic heterocycles. The predicted octanol–water partition coefficient (Wildman–Crippen LogP) is -0.861. The van der Waals surface area contributed by atoms with Crippen LogP contribution in [0.3, 0.4) is 0 Å². The third kappa shape index (κ3) is 4.26. The van der Waals surface area contributed by atoms with Crippen molar-refractivity contribution in [2.24, 2.45) is 18.5 Å². The average Bonchev–Trinajstić information content (AvgIpc) is 2.90. The Hall–Kier alpha value is -2.95. The van der Waals surface area contributed by atoms with Crippen molar-refractivity contribution in [2.75, 3.05) is 11.1 Å². The second-order valence-electron chi connectivity index (χ2n) is 4.45. The van der Waals surface area contributed by atoms with Gasteiger partial charge in [0, 0.05) is 23.9 Å². The quantitative estimate of drug-likeness (QED) is 0.579.